The van der Waals surface area contributed by atoms with Gasteiger partial charge in [0.25, 0.3) is 5.91 Å². The Bertz CT molecular complexity index is 564. The lowest BCUT2D eigenvalue weighted by atomic mass is 9.84. The Morgan fingerprint density at radius 1 is 1.48 bits per heavy atom. The maximum absolute atomic E-state index is 12.5. The van der Waals surface area contributed by atoms with Crippen LogP contribution in [-0.4, -0.2) is 48.2 Å². The first-order chi connectivity index (χ1) is 10.3. The highest BCUT2D eigenvalue weighted by molar-refractivity contribution is 7.12. The van der Waals surface area contributed by atoms with Gasteiger partial charge in [-0.1, -0.05) is 11.8 Å². The molecule has 3 fully saturated rings. The van der Waals surface area contributed by atoms with Crippen molar-refractivity contribution < 1.29 is 9.90 Å². The van der Waals surface area contributed by atoms with Crippen molar-refractivity contribution >= 4 is 17.2 Å². The molecule has 0 aliphatic carbocycles. The Morgan fingerprint density at radius 2 is 2.29 bits per heavy atom. The molecule has 1 atom stereocenters. The molecule has 1 aromatic rings. The number of piperidine rings is 3. The normalized spacial score (nSPS) is 27.0. The third-order valence-corrected chi connectivity index (χ3v) is 5.22. The first kappa shape index (κ1) is 14.6. The van der Waals surface area contributed by atoms with Crippen LogP contribution in [0.15, 0.2) is 11.4 Å². The summed E-state index contributed by atoms with van der Waals surface area (Å²) in [4.78, 5) is 15.6. The minimum absolute atomic E-state index is 0.00273. The monoisotopic (exact) mass is 304 g/mol. The number of amides is 1. The lowest BCUT2D eigenvalue weighted by Gasteiger charge is -2.44. The molecule has 3 saturated heterocycles. The van der Waals surface area contributed by atoms with Gasteiger partial charge in [-0.15, -0.1) is 11.3 Å². The minimum Gasteiger partial charge on any atom is -0.395 e. The van der Waals surface area contributed by atoms with E-state index in [-0.39, 0.29) is 18.6 Å². The van der Waals surface area contributed by atoms with Crippen molar-refractivity contribution in [1.82, 2.24) is 10.2 Å². The topological polar surface area (TPSA) is 52.6 Å². The Labute approximate surface area is 129 Å². The first-order valence-electron chi connectivity index (χ1n) is 7.48. The highest BCUT2D eigenvalue weighted by atomic mass is 32.1. The van der Waals surface area contributed by atoms with Gasteiger partial charge in [-0.2, -0.15) is 0 Å². The molecule has 21 heavy (non-hydrogen) atoms. The summed E-state index contributed by atoms with van der Waals surface area (Å²) in [5, 5.41) is 13.9. The summed E-state index contributed by atoms with van der Waals surface area (Å²) in [6, 6.07) is 2.15. The van der Waals surface area contributed by atoms with Gasteiger partial charge in [0.1, 0.15) is 4.88 Å². The van der Waals surface area contributed by atoms with Crippen LogP contribution in [0, 0.1) is 17.8 Å². The van der Waals surface area contributed by atoms with E-state index in [0.717, 1.165) is 12.1 Å². The van der Waals surface area contributed by atoms with Crippen molar-refractivity contribution in [3.63, 3.8) is 0 Å². The van der Waals surface area contributed by atoms with Gasteiger partial charge in [0.15, 0.2) is 0 Å². The molecule has 1 amide bonds. The van der Waals surface area contributed by atoms with Crippen molar-refractivity contribution in [2.24, 2.45) is 5.92 Å². The van der Waals surface area contributed by atoms with Gasteiger partial charge in [0.2, 0.25) is 0 Å². The van der Waals surface area contributed by atoms with E-state index in [1.165, 1.54) is 37.3 Å². The van der Waals surface area contributed by atoms with E-state index in [1.54, 1.807) is 0 Å². The molecular weight excluding hydrogens is 284 g/mol. The fraction of sp³-hybridized carbons (Fsp3) is 0.562. The number of carbonyl (C=O) groups excluding carboxylic acids is 1. The smallest absolute Gasteiger partial charge is 0.262 e. The lowest BCUT2D eigenvalue weighted by Crippen LogP contribution is -2.57. The molecule has 112 valence electrons. The molecule has 4 heterocycles. The summed E-state index contributed by atoms with van der Waals surface area (Å²) < 4.78 is 0. The van der Waals surface area contributed by atoms with E-state index >= 15 is 0 Å². The van der Waals surface area contributed by atoms with Crippen LogP contribution < -0.4 is 5.32 Å². The number of thiophene rings is 1. The predicted octanol–water partition coefficient (Wildman–Crippen LogP) is 1.31. The van der Waals surface area contributed by atoms with E-state index < -0.39 is 0 Å². The molecular formula is C16H20N2O2S. The third kappa shape index (κ3) is 3.29. The SMILES string of the molecule is O=C(NC1CN2CCC1CC2)c1sccc1C#CCCO. The van der Waals surface area contributed by atoms with Crippen molar-refractivity contribution in [3.8, 4) is 11.8 Å². The van der Waals surface area contributed by atoms with Gasteiger partial charge in [-0.25, -0.2) is 0 Å². The number of rotatable bonds is 3. The lowest BCUT2D eigenvalue weighted by molar-refractivity contribution is 0.0622. The fourth-order valence-corrected chi connectivity index (χ4v) is 3.91. The zero-order chi connectivity index (χ0) is 14.7. The largest absolute Gasteiger partial charge is 0.395 e. The number of hydrogen-bond donors (Lipinski definition) is 2. The molecule has 0 aromatic carbocycles. The summed E-state index contributed by atoms with van der Waals surface area (Å²) in [7, 11) is 0. The number of nitrogens with zero attached hydrogens (tertiary/aromatic N) is 1. The van der Waals surface area contributed by atoms with E-state index in [4.69, 9.17) is 5.11 Å². The summed E-state index contributed by atoms with van der Waals surface area (Å²) >= 11 is 1.43. The Kier molecular flexibility index (Phi) is 4.59. The highest BCUT2D eigenvalue weighted by Gasteiger charge is 2.35. The van der Waals surface area contributed by atoms with E-state index in [0.29, 0.717) is 17.2 Å². The Hall–Kier alpha value is -1.35. The molecule has 3 aliphatic heterocycles. The molecule has 5 heteroatoms. The van der Waals surface area contributed by atoms with Crippen molar-refractivity contribution in [2.45, 2.75) is 25.3 Å². The van der Waals surface area contributed by atoms with Crippen LogP contribution in [0.25, 0.3) is 0 Å². The maximum atomic E-state index is 12.5. The van der Waals surface area contributed by atoms with Crippen LogP contribution in [0.5, 0.6) is 0 Å². The van der Waals surface area contributed by atoms with Gasteiger partial charge in [0, 0.05) is 24.6 Å². The van der Waals surface area contributed by atoms with Gasteiger partial charge >= 0.3 is 0 Å². The third-order valence-electron chi connectivity index (χ3n) is 4.30. The van der Waals surface area contributed by atoms with Crippen LogP contribution in [0.4, 0.5) is 0 Å². The van der Waals surface area contributed by atoms with Gasteiger partial charge < -0.3 is 15.3 Å². The van der Waals surface area contributed by atoms with Crippen LogP contribution in [0.2, 0.25) is 0 Å². The Morgan fingerprint density at radius 3 is 2.95 bits per heavy atom. The molecule has 0 spiro atoms. The second kappa shape index (κ2) is 6.61. The minimum atomic E-state index is -0.00273. The zero-order valence-electron chi connectivity index (χ0n) is 12.0. The summed E-state index contributed by atoms with van der Waals surface area (Å²) in [6.45, 7) is 3.38. The molecule has 1 unspecified atom stereocenters. The van der Waals surface area contributed by atoms with Crippen molar-refractivity contribution in [2.75, 3.05) is 26.2 Å². The highest BCUT2D eigenvalue weighted by Crippen LogP contribution is 2.28. The summed E-state index contributed by atoms with van der Waals surface area (Å²) in [5.41, 5.74) is 0.771. The zero-order valence-corrected chi connectivity index (χ0v) is 12.8. The molecule has 3 aliphatic rings. The van der Waals surface area contributed by atoms with Gasteiger partial charge in [-0.3, -0.25) is 4.79 Å². The second-order valence-corrected chi connectivity index (χ2v) is 6.57. The molecule has 4 rings (SSSR count). The van der Waals surface area contributed by atoms with Crippen LogP contribution in [0.1, 0.15) is 34.5 Å². The van der Waals surface area contributed by atoms with E-state index in [2.05, 4.69) is 22.1 Å². The standard InChI is InChI=1S/C16H20N2O2S/c19-9-2-1-3-13-6-10-21-15(13)16(20)17-14-11-18-7-4-12(14)5-8-18/h6,10,12,14,19H,2,4-5,7-9,11H2,(H,17,20). The number of nitrogens with one attached hydrogen (secondary N) is 1. The number of hydrogen-bond acceptors (Lipinski definition) is 4. The Balaban J connectivity index is 1.66. The van der Waals surface area contributed by atoms with E-state index in [9.17, 15) is 4.79 Å². The van der Waals surface area contributed by atoms with Crippen LogP contribution in [0.3, 0.4) is 0 Å². The molecule has 2 bridgehead atoms. The second-order valence-electron chi connectivity index (χ2n) is 5.66. The summed E-state index contributed by atoms with van der Waals surface area (Å²) in [5.74, 6) is 6.48. The van der Waals surface area contributed by atoms with Gasteiger partial charge in [-0.05, 0) is 43.3 Å². The van der Waals surface area contributed by atoms with E-state index in [1.807, 2.05) is 11.4 Å². The van der Waals surface area contributed by atoms with Crippen LogP contribution in [-0.2, 0) is 0 Å². The molecule has 4 nitrogen and oxygen atoms in total. The number of carbonyl (C=O) groups is 1. The average Bonchev–Trinajstić information content (AvgIpc) is 2.97. The summed E-state index contributed by atoms with van der Waals surface area (Å²) in [6.07, 6.45) is 2.83. The fourth-order valence-electron chi connectivity index (χ4n) is 3.16. The van der Waals surface area contributed by atoms with Crippen molar-refractivity contribution in [3.05, 3.63) is 21.9 Å². The molecule has 2 N–H and O–H groups in total. The number of aliphatic hydroxyl groups excluding tert-OH is 1. The molecule has 1 aromatic heterocycles. The average molecular weight is 304 g/mol. The predicted molar refractivity (Wildman–Crippen MR) is 83.3 cm³/mol. The van der Waals surface area contributed by atoms with Crippen LogP contribution >= 0.6 is 11.3 Å². The van der Waals surface area contributed by atoms with Crippen molar-refractivity contribution in [1.29, 1.82) is 0 Å². The number of aliphatic hydroxyl groups is 1. The maximum Gasteiger partial charge on any atom is 0.262 e. The quantitative estimate of drug-likeness (QED) is 0.828. The molecule has 0 saturated carbocycles. The first-order valence-corrected chi connectivity index (χ1v) is 8.36. The molecule has 0 radical (unpaired) electrons. The number of fused-ring (bicyclic) bond motifs is 3. The van der Waals surface area contributed by atoms with Gasteiger partial charge in [0.05, 0.1) is 6.61 Å².